The lowest BCUT2D eigenvalue weighted by molar-refractivity contribution is 0.795. The predicted molar refractivity (Wildman–Crippen MR) is 128 cm³/mol. The molecular formula is C25H24N4S. The minimum absolute atomic E-state index is 0.637. The van der Waals surface area contributed by atoms with Crippen LogP contribution in [0.1, 0.15) is 35.9 Å². The molecule has 0 atom stereocenters. The number of hydrogen-bond acceptors (Lipinski definition) is 4. The van der Waals surface area contributed by atoms with Crippen LogP contribution in [-0.4, -0.2) is 17.0 Å². The second kappa shape index (κ2) is 9.94. The van der Waals surface area contributed by atoms with E-state index in [1.54, 1.807) is 11.3 Å². The number of hydrogen-bond donors (Lipinski definition) is 1. The first-order valence-corrected chi connectivity index (χ1v) is 11.0. The minimum Gasteiger partial charge on any atom is -0.259 e. The van der Waals surface area contributed by atoms with E-state index < -0.39 is 0 Å². The van der Waals surface area contributed by atoms with Crippen molar-refractivity contribution in [3.63, 3.8) is 0 Å². The first kappa shape index (κ1) is 20.0. The second-order valence-electron chi connectivity index (χ2n) is 7.00. The van der Waals surface area contributed by atoms with Crippen LogP contribution >= 0.6 is 11.3 Å². The highest BCUT2D eigenvalue weighted by Crippen LogP contribution is 2.23. The SMILES string of the molecule is CCCCc1ccc(C=NNC(=Nc2ccccc2)c2nc3ccccc3s2)cc1. The van der Waals surface area contributed by atoms with Gasteiger partial charge in [0.2, 0.25) is 0 Å². The molecule has 0 unspecified atom stereocenters. The first-order valence-electron chi connectivity index (χ1n) is 10.2. The molecule has 0 aliphatic rings. The zero-order valence-corrected chi connectivity index (χ0v) is 17.8. The van der Waals surface area contributed by atoms with E-state index in [9.17, 15) is 0 Å². The quantitative estimate of drug-likeness (QED) is 0.219. The normalized spacial score (nSPS) is 12.0. The molecule has 1 aromatic heterocycles. The average Bonchev–Trinajstić information content (AvgIpc) is 3.23. The Hall–Kier alpha value is -3.31. The minimum atomic E-state index is 0.637. The zero-order valence-electron chi connectivity index (χ0n) is 17.0. The Morgan fingerprint density at radius 1 is 0.967 bits per heavy atom. The molecular weight excluding hydrogens is 388 g/mol. The molecule has 0 fully saturated rings. The van der Waals surface area contributed by atoms with E-state index in [0.717, 1.165) is 32.9 Å². The van der Waals surface area contributed by atoms with Crippen molar-refractivity contribution < 1.29 is 0 Å². The van der Waals surface area contributed by atoms with Gasteiger partial charge in [0.25, 0.3) is 0 Å². The lowest BCUT2D eigenvalue weighted by Crippen LogP contribution is -2.18. The van der Waals surface area contributed by atoms with Crippen LogP contribution in [0.2, 0.25) is 0 Å². The summed E-state index contributed by atoms with van der Waals surface area (Å²) in [5.74, 6) is 0.637. The summed E-state index contributed by atoms with van der Waals surface area (Å²) in [6, 6.07) is 26.5. The molecule has 0 saturated heterocycles. The molecule has 0 aliphatic heterocycles. The van der Waals surface area contributed by atoms with Gasteiger partial charge in [-0.2, -0.15) is 5.10 Å². The van der Waals surface area contributed by atoms with Crippen LogP contribution in [0.4, 0.5) is 5.69 Å². The van der Waals surface area contributed by atoms with Gasteiger partial charge in [-0.05, 0) is 48.2 Å². The largest absolute Gasteiger partial charge is 0.259 e. The van der Waals surface area contributed by atoms with Crippen molar-refractivity contribution in [1.29, 1.82) is 0 Å². The smallest absolute Gasteiger partial charge is 0.183 e. The van der Waals surface area contributed by atoms with Crippen LogP contribution in [0.25, 0.3) is 10.2 Å². The summed E-state index contributed by atoms with van der Waals surface area (Å²) in [7, 11) is 0. The Morgan fingerprint density at radius 2 is 1.73 bits per heavy atom. The fourth-order valence-electron chi connectivity index (χ4n) is 3.04. The third-order valence-corrected chi connectivity index (χ3v) is 5.72. The van der Waals surface area contributed by atoms with Gasteiger partial charge in [-0.25, -0.2) is 9.98 Å². The van der Waals surface area contributed by atoms with Crippen molar-refractivity contribution in [1.82, 2.24) is 10.4 Å². The third-order valence-electron chi connectivity index (χ3n) is 4.68. The van der Waals surface area contributed by atoms with E-state index in [2.05, 4.69) is 47.8 Å². The zero-order chi connectivity index (χ0) is 20.6. The number of benzene rings is 3. The molecule has 0 radical (unpaired) electrons. The number of aromatic nitrogens is 1. The number of unbranched alkanes of at least 4 members (excludes halogenated alkanes) is 1. The number of amidine groups is 1. The summed E-state index contributed by atoms with van der Waals surface area (Å²) in [5.41, 5.74) is 7.34. The van der Waals surface area contributed by atoms with E-state index in [1.807, 2.05) is 54.7 Å². The van der Waals surface area contributed by atoms with Gasteiger partial charge in [0.15, 0.2) is 10.8 Å². The maximum absolute atomic E-state index is 4.74. The first-order chi connectivity index (χ1) is 14.8. The van der Waals surface area contributed by atoms with Crippen molar-refractivity contribution in [3.8, 4) is 0 Å². The second-order valence-corrected chi connectivity index (χ2v) is 8.03. The van der Waals surface area contributed by atoms with Crippen LogP contribution in [0.5, 0.6) is 0 Å². The summed E-state index contributed by atoms with van der Waals surface area (Å²) in [4.78, 5) is 9.47. The molecule has 4 rings (SSSR count). The Morgan fingerprint density at radius 3 is 2.50 bits per heavy atom. The fraction of sp³-hybridized carbons (Fsp3) is 0.160. The molecule has 1 heterocycles. The molecule has 30 heavy (non-hydrogen) atoms. The fourth-order valence-corrected chi connectivity index (χ4v) is 3.95. The standard InChI is InChI=1S/C25H24N4S/c1-2-3-9-19-14-16-20(17-15-19)18-26-29-24(27-21-10-5-4-6-11-21)25-28-22-12-7-8-13-23(22)30-25/h4-8,10-18H,2-3,9H2,1H3,(H,27,29). The summed E-state index contributed by atoms with van der Waals surface area (Å²) >= 11 is 1.60. The Labute approximate surface area is 181 Å². The van der Waals surface area contributed by atoms with Gasteiger partial charge in [-0.3, -0.25) is 5.43 Å². The predicted octanol–water partition coefficient (Wildman–Crippen LogP) is 6.34. The summed E-state index contributed by atoms with van der Waals surface area (Å²) in [6.45, 7) is 2.21. The Balaban J connectivity index is 1.55. The molecule has 0 aliphatic carbocycles. The van der Waals surface area contributed by atoms with Gasteiger partial charge in [-0.1, -0.05) is 67.9 Å². The lowest BCUT2D eigenvalue weighted by atomic mass is 10.1. The number of aliphatic imine (C=N–C) groups is 1. The van der Waals surface area contributed by atoms with E-state index >= 15 is 0 Å². The van der Waals surface area contributed by atoms with E-state index in [1.165, 1.54) is 18.4 Å². The summed E-state index contributed by atoms with van der Waals surface area (Å²) < 4.78 is 1.13. The highest BCUT2D eigenvalue weighted by molar-refractivity contribution is 7.20. The van der Waals surface area contributed by atoms with Crippen molar-refractivity contribution in [2.24, 2.45) is 10.1 Å². The van der Waals surface area contributed by atoms with Crippen LogP contribution in [0, 0.1) is 0 Å². The van der Waals surface area contributed by atoms with Crippen molar-refractivity contribution in [2.45, 2.75) is 26.2 Å². The number of para-hydroxylation sites is 2. The lowest BCUT2D eigenvalue weighted by Gasteiger charge is -2.03. The van der Waals surface area contributed by atoms with E-state index in [0.29, 0.717) is 5.84 Å². The average molecular weight is 413 g/mol. The van der Waals surface area contributed by atoms with Gasteiger partial charge in [0, 0.05) is 0 Å². The highest BCUT2D eigenvalue weighted by atomic mass is 32.1. The monoisotopic (exact) mass is 412 g/mol. The molecule has 150 valence electrons. The van der Waals surface area contributed by atoms with E-state index in [4.69, 9.17) is 9.98 Å². The number of nitrogens with zero attached hydrogens (tertiary/aromatic N) is 3. The van der Waals surface area contributed by atoms with E-state index in [-0.39, 0.29) is 0 Å². The number of nitrogens with one attached hydrogen (secondary N) is 1. The number of thiazole rings is 1. The number of fused-ring (bicyclic) bond motifs is 1. The molecule has 1 N–H and O–H groups in total. The van der Waals surface area contributed by atoms with Gasteiger partial charge < -0.3 is 0 Å². The van der Waals surface area contributed by atoms with Gasteiger partial charge in [-0.15, -0.1) is 11.3 Å². The molecule has 4 aromatic rings. The van der Waals surface area contributed by atoms with Crippen LogP contribution in [0.15, 0.2) is 89.0 Å². The topological polar surface area (TPSA) is 49.6 Å². The number of rotatable bonds is 7. The molecule has 4 nitrogen and oxygen atoms in total. The summed E-state index contributed by atoms with van der Waals surface area (Å²) in [5, 5.41) is 5.25. The molecule has 0 spiro atoms. The van der Waals surface area contributed by atoms with Crippen LogP contribution in [0.3, 0.4) is 0 Å². The Bertz CT molecular complexity index is 1110. The Kier molecular flexibility index (Phi) is 6.62. The van der Waals surface area contributed by atoms with Crippen molar-refractivity contribution in [2.75, 3.05) is 0 Å². The van der Waals surface area contributed by atoms with Crippen LogP contribution in [-0.2, 0) is 6.42 Å². The number of aryl methyl sites for hydroxylation is 1. The molecule has 0 amide bonds. The van der Waals surface area contributed by atoms with Crippen molar-refractivity contribution >= 4 is 39.3 Å². The van der Waals surface area contributed by atoms with Gasteiger partial charge in [0.05, 0.1) is 22.1 Å². The molecule has 0 bridgehead atoms. The molecule has 5 heteroatoms. The van der Waals surface area contributed by atoms with Crippen molar-refractivity contribution in [3.05, 3.63) is 95.0 Å². The summed E-state index contributed by atoms with van der Waals surface area (Å²) in [6.07, 6.45) is 5.37. The third kappa shape index (κ3) is 5.19. The molecule has 0 saturated carbocycles. The number of hydrazone groups is 1. The van der Waals surface area contributed by atoms with Crippen LogP contribution < -0.4 is 5.43 Å². The van der Waals surface area contributed by atoms with Gasteiger partial charge >= 0.3 is 0 Å². The molecule has 3 aromatic carbocycles. The maximum Gasteiger partial charge on any atom is 0.183 e. The maximum atomic E-state index is 4.74. The highest BCUT2D eigenvalue weighted by Gasteiger charge is 2.10. The van der Waals surface area contributed by atoms with Gasteiger partial charge in [0.1, 0.15) is 0 Å².